The molecule has 14 aromatic carbocycles. The normalized spacial score (nSPS) is 11.0. The number of furan rings is 1. The Labute approximate surface area is 762 Å². The number of methoxy groups -OCH3 is 3. The summed E-state index contributed by atoms with van der Waals surface area (Å²) in [6.07, 6.45) is 35.5. The van der Waals surface area contributed by atoms with E-state index >= 15 is 0 Å². The molecule has 0 aliphatic heterocycles. The second kappa shape index (κ2) is 54.9. The minimum atomic E-state index is 0.00634. The topological polar surface area (TPSA) is 131 Å². The summed E-state index contributed by atoms with van der Waals surface area (Å²) < 4.78 is 34.5. The predicted octanol–water partition coefficient (Wildman–Crippen LogP) is 31.3. The molecule has 19 aromatic rings. The van der Waals surface area contributed by atoms with Crippen molar-refractivity contribution in [1.82, 2.24) is 0 Å². The van der Waals surface area contributed by atoms with Crippen LogP contribution < -0.4 is 16.3 Å². The molecular formula is C118H114O10S. The number of para-hydroxylation sites is 4. The highest BCUT2D eigenvalue weighted by Crippen LogP contribution is 2.34. The first-order valence-corrected chi connectivity index (χ1v) is 44.2. The Bertz CT molecular complexity index is 6200. The average molecular weight is 1720 g/mol. The number of rotatable bonds is 0. The van der Waals surface area contributed by atoms with Gasteiger partial charge in [-0.25, -0.2) is 0 Å². The van der Waals surface area contributed by atoms with Crippen molar-refractivity contribution in [3.05, 3.63) is 480 Å². The Hall–Kier alpha value is -14.7. The Kier molecular flexibility index (Phi) is 41.8. The molecule has 0 N–H and O–H groups in total. The van der Waals surface area contributed by atoms with Gasteiger partial charge in [-0.3, -0.25) is 14.4 Å². The van der Waals surface area contributed by atoms with Crippen LogP contribution in [0.4, 0.5) is 0 Å². The monoisotopic (exact) mass is 1720 g/mol. The molecule has 129 heavy (non-hydrogen) atoms. The molecule has 0 radical (unpaired) electrons. The fourth-order valence-electron chi connectivity index (χ4n) is 14.1. The van der Waals surface area contributed by atoms with E-state index in [-0.39, 0.29) is 16.3 Å². The maximum Gasteiger partial charge on any atom is 0.192 e. The van der Waals surface area contributed by atoms with Gasteiger partial charge in [0.2, 0.25) is 0 Å². The van der Waals surface area contributed by atoms with Gasteiger partial charge in [0.15, 0.2) is 16.3 Å². The first-order valence-electron chi connectivity index (χ1n) is 43.3. The van der Waals surface area contributed by atoms with Crippen LogP contribution in [0.2, 0.25) is 0 Å². The van der Waals surface area contributed by atoms with Crippen LogP contribution in [0.1, 0.15) is 108 Å². The van der Waals surface area contributed by atoms with Crippen LogP contribution in [-0.2, 0) is 33.5 Å². The molecular weight excluding hydrogens is 1610 g/mol. The molecule has 10 nitrogen and oxygen atoms in total. The van der Waals surface area contributed by atoms with Gasteiger partial charge >= 0.3 is 0 Å². The second-order valence-corrected chi connectivity index (χ2v) is 29.2. The summed E-state index contributed by atoms with van der Waals surface area (Å²) in [5.41, 5.74) is 19.5. The lowest BCUT2D eigenvalue weighted by Gasteiger charge is -1.99. The Morgan fingerprint density at radius 1 is 0.225 bits per heavy atom. The smallest absolute Gasteiger partial charge is 0.192 e. The van der Waals surface area contributed by atoms with E-state index in [1.165, 1.54) is 146 Å². The molecule has 6 aliphatic rings. The minimum Gasteiger partial charge on any atom is -0.464 e. The summed E-state index contributed by atoms with van der Waals surface area (Å²) in [5, 5.41) is 14.8. The van der Waals surface area contributed by atoms with Crippen LogP contribution in [0, 0.1) is 0 Å². The van der Waals surface area contributed by atoms with Crippen molar-refractivity contribution in [2.75, 3.05) is 42.7 Å². The lowest BCUT2D eigenvalue weighted by atomic mass is 10.0. The number of hydrogen-bond donors (Lipinski definition) is 0. The summed E-state index contributed by atoms with van der Waals surface area (Å²) in [4.78, 5) is 33.4. The fraction of sp³-hybridized carbons (Fsp3) is 0.127. The van der Waals surface area contributed by atoms with Crippen LogP contribution in [-0.4, -0.2) is 42.7 Å². The summed E-state index contributed by atoms with van der Waals surface area (Å²) in [6.45, 7) is 12.0. The van der Waals surface area contributed by atoms with Gasteiger partial charge in [-0.2, -0.15) is 0 Å². The van der Waals surface area contributed by atoms with Crippen molar-refractivity contribution in [1.29, 1.82) is 0 Å². The van der Waals surface area contributed by atoms with Gasteiger partial charge in [-0.05, 0) is 190 Å². The first kappa shape index (κ1) is 98.1. The van der Waals surface area contributed by atoms with Crippen molar-refractivity contribution in [2.24, 2.45) is 0 Å². The maximum absolute atomic E-state index is 11.1. The summed E-state index contributed by atoms with van der Waals surface area (Å²) in [5.74, 6) is 0. The van der Waals surface area contributed by atoms with Gasteiger partial charge in [0.1, 0.15) is 22.3 Å². The number of hydrogen-bond acceptors (Lipinski definition) is 11. The van der Waals surface area contributed by atoms with Crippen LogP contribution in [0.5, 0.6) is 0 Å². The van der Waals surface area contributed by atoms with E-state index in [4.69, 9.17) is 17.7 Å². The van der Waals surface area contributed by atoms with Gasteiger partial charge in [0.25, 0.3) is 0 Å². The second-order valence-electron chi connectivity index (χ2n) is 28.3. The molecule has 0 unspecified atom stereocenters. The molecule has 6 aliphatic carbocycles. The highest BCUT2D eigenvalue weighted by molar-refractivity contribution is 7.17. The zero-order valence-electron chi connectivity index (χ0n) is 75.7. The van der Waals surface area contributed by atoms with Gasteiger partial charge in [-0.15, -0.1) is 11.3 Å². The number of fused-ring (bicyclic) bond motifs is 8. The van der Waals surface area contributed by atoms with Crippen LogP contribution in [0.3, 0.4) is 0 Å². The Morgan fingerprint density at radius 2 is 0.465 bits per heavy atom. The SMILES string of the molecule is C1=Cc2cccc3cccc1c23.C1=Cc2cccc3cccc1c23.C1=Cc2cccc3cccc1c23.C1=Cc2ccccc2C1.C1=Cc2ccccc2C1.C1=Cc2ccccc2C1.CC.CC.CC.COC.COC.COC.O=c1ccoc2ccccc12.O=c1ccoc2ccccc12.O=c1ccoc2ccccc12.c1ccc2occc2c1.c1ccc2sccc2c1. The van der Waals surface area contributed by atoms with Crippen molar-refractivity contribution in [3.63, 3.8) is 0 Å². The van der Waals surface area contributed by atoms with Crippen molar-refractivity contribution >= 4 is 152 Å². The minimum absolute atomic E-state index is 0.00634. The molecule has 25 rings (SSSR count). The maximum atomic E-state index is 11.1. The molecule has 5 aromatic heterocycles. The van der Waals surface area contributed by atoms with Gasteiger partial charge in [0, 0.05) is 70.9 Å². The van der Waals surface area contributed by atoms with Crippen molar-refractivity contribution in [2.45, 2.75) is 60.8 Å². The standard InChI is InChI=1S/3C12H8.3C9H6O2.3C9H8.C8H6O.C8H6S.3C2H6O.3C2H6/c3*1-3-9-4-2-6-11-8-7-10(5-1)12(9)11;3*10-8-5-6-11-9-4-2-1-3-7(8)9;3*1-2-5-9-7-3-6-8(9)4-1;2*1-2-4-8-7(3-1)5-6-9-8;3*1-3-2;3*1-2/h3*1-8H;3*1-6H;3*1-6H,7H2;2*1-6H;3*1-2H3;3*1-2H3. The van der Waals surface area contributed by atoms with E-state index in [9.17, 15) is 14.4 Å². The summed E-state index contributed by atoms with van der Waals surface area (Å²) in [6, 6.07) is 110. The molecule has 0 fully saturated rings. The summed E-state index contributed by atoms with van der Waals surface area (Å²) in [7, 11) is 9.75. The number of allylic oxidation sites excluding steroid dienone is 3. The third kappa shape index (κ3) is 28.9. The Balaban J connectivity index is 0.000000158. The van der Waals surface area contributed by atoms with Gasteiger partial charge < -0.3 is 31.9 Å². The van der Waals surface area contributed by atoms with E-state index in [0.717, 1.165) is 30.2 Å². The zero-order valence-corrected chi connectivity index (χ0v) is 76.5. The highest BCUT2D eigenvalue weighted by Gasteiger charge is 2.11. The van der Waals surface area contributed by atoms with Gasteiger partial charge in [0.05, 0.1) is 41.2 Å². The van der Waals surface area contributed by atoms with Crippen LogP contribution in [0.15, 0.2) is 414 Å². The van der Waals surface area contributed by atoms with Crippen molar-refractivity contribution in [3.8, 4) is 0 Å². The summed E-state index contributed by atoms with van der Waals surface area (Å²) >= 11 is 1.79. The first-order chi connectivity index (χ1) is 63.6. The quantitative estimate of drug-likeness (QED) is 0.145. The molecule has 0 saturated carbocycles. The highest BCUT2D eigenvalue weighted by atomic mass is 32.1. The molecule has 0 spiro atoms. The molecule has 652 valence electrons. The Morgan fingerprint density at radius 3 is 0.760 bits per heavy atom. The molecule has 0 saturated heterocycles. The lowest BCUT2D eigenvalue weighted by Crippen LogP contribution is -1.96. The van der Waals surface area contributed by atoms with E-state index < -0.39 is 0 Å². The van der Waals surface area contributed by atoms with Crippen LogP contribution in [0.25, 0.3) is 141 Å². The van der Waals surface area contributed by atoms with Crippen molar-refractivity contribution < 1.29 is 31.9 Å². The third-order valence-corrected chi connectivity index (χ3v) is 20.6. The van der Waals surface area contributed by atoms with E-state index in [2.05, 4.69) is 305 Å². The predicted molar refractivity (Wildman–Crippen MR) is 555 cm³/mol. The largest absolute Gasteiger partial charge is 0.464 e. The third-order valence-electron chi connectivity index (χ3n) is 19.7. The number of ether oxygens (including phenoxy) is 3. The zero-order chi connectivity index (χ0) is 91.6. The van der Waals surface area contributed by atoms with E-state index in [1.807, 2.05) is 108 Å². The molecule has 11 heteroatoms. The molecule has 0 bridgehead atoms. The number of thiophene rings is 1. The van der Waals surface area contributed by atoms with Gasteiger partial charge in [-0.1, -0.05) is 369 Å². The van der Waals surface area contributed by atoms with Crippen LogP contribution >= 0.6 is 11.3 Å². The number of benzene rings is 14. The molecule has 0 atom stereocenters. The van der Waals surface area contributed by atoms with E-state index in [1.54, 1.807) is 96.7 Å². The molecule has 0 amide bonds. The molecule has 5 heterocycles. The lowest BCUT2D eigenvalue weighted by molar-refractivity contribution is 0.277. The average Bonchev–Trinajstić information content (AvgIpc) is 1.65. The van der Waals surface area contributed by atoms with E-state index in [0.29, 0.717) is 32.9 Å². The fourth-order valence-corrected chi connectivity index (χ4v) is 14.9.